The number of amides is 1. The van der Waals surface area contributed by atoms with E-state index in [2.05, 4.69) is 34.1 Å². The Kier molecular flexibility index (Phi) is 7.51. The molecule has 0 N–H and O–H groups in total. The molecule has 0 atom stereocenters. The minimum Gasteiger partial charge on any atom is -0.381 e. The van der Waals surface area contributed by atoms with Crippen molar-refractivity contribution in [2.24, 2.45) is 0 Å². The van der Waals surface area contributed by atoms with Gasteiger partial charge in [-0.15, -0.1) is 0 Å². The molecule has 0 saturated carbocycles. The number of benzene rings is 2. The summed E-state index contributed by atoms with van der Waals surface area (Å²) >= 11 is 0. The lowest BCUT2D eigenvalue weighted by atomic mass is 9.89. The maximum Gasteiger partial charge on any atom is 0.234 e. The first kappa shape index (κ1) is 21.0. The summed E-state index contributed by atoms with van der Waals surface area (Å²) in [6.45, 7) is 6.54. The molecule has 1 amide bonds. The van der Waals surface area contributed by atoms with Gasteiger partial charge >= 0.3 is 0 Å². The van der Waals surface area contributed by atoms with Crippen LogP contribution in [0.3, 0.4) is 0 Å². The minimum atomic E-state index is -0.278. The Morgan fingerprint density at radius 3 is 1.97 bits per heavy atom. The van der Waals surface area contributed by atoms with Gasteiger partial charge in [0.1, 0.15) is 0 Å². The molecule has 160 valence electrons. The van der Waals surface area contributed by atoms with Gasteiger partial charge < -0.3 is 14.4 Å². The summed E-state index contributed by atoms with van der Waals surface area (Å²) in [7, 11) is 0. The average molecular weight is 409 g/mol. The molecule has 2 saturated heterocycles. The molecule has 5 heteroatoms. The fraction of sp³-hybridized carbons (Fsp3) is 0.480. The van der Waals surface area contributed by atoms with Crippen LogP contribution in [-0.2, 0) is 14.3 Å². The highest BCUT2D eigenvalue weighted by Crippen LogP contribution is 2.29. The normalized spacial score (nSPS) is 18.4. The van der Waals surface area contributed by atoms with Gasteiger partial charge in [-0.25, -0.2) is 0 Å². The van der Waals surface area contributed by atoms with Crippen molar-refractivity contribution in [1.82, 2.24) is 9.80 Å². The average Bonchev–Trinajstić information content (AvgIpc) is 2.82. The molecule has 2 heterocycles. The van der Waals surface area contributed by atoms with Crippen molar-refractivity contribution in [2.75, 3.05) is 52.6 Å². The zero-order chi connectivity index (χ0) is 20.6. The number of carbonyl (C=O) groups is 1. The van der Waals surface area contributed by atoms with Crippen LogP contribution in [-0.4, -0.2) is 74.4 Å². The van der Waals surface area contributed by atoms with Crippen molar-refractivity contribution >= 4 is 5.91 Å². The number of hydrogen-bond donors (Lipinski definition) is 0. The van der Waals surface area contributed by atoms with Crippen molar-refractivity contribution in [1.29, 1.82) is 0 Å². The Bertz CT molecular complexity index is 732. The van der Waals surface area contributed by atoms with E-state index < -0.39 is 0 Å². The first-order valence-electron chi connectivity index (χ1n) is 11.1. The fourth-order valence-corrected chi connectivity index (χ4v) is 4.48. The van der Waals surface area contributed by atoms with E-state index in [1.807, 2.05) is 36.4 Å². The molecule has 2 aromatic carbocycles. The Balaban J connectivity index is 1.59. The highest BCUT2D eigenvalue weighted by Gasteiger charge is 2.33. The number of rotatable bonds is 7. The maximum atomic E-state index is 14.1. The standard InChI is InChI=1S/C25H32N2O3/c28-25(24(21-7-3-1-4-8-21)22-9-5-2-6-10-22)27(23-11-17-29-18-12-23)14-13-26-15-19-30-20-16-26/h1-10,23-24H,11-20H2. The van der Waals surface area contributed by atoms with E-state index in [1.165, 1.54) is 0 Å². The lowest BCUT2D eigenvalue weighted by Crippen LogP contribution is -2.50. The number of ether oxygens (including phenoxy) is 2. The second kappa shape index (κ2) is 10.7. The predicted molar refractivity (Wildman–Crippen MR) is 118 cm³/mol. The van der Waals surface area contributed by atoms with Crippen LogP contribution >= 0.6 is 0 Å². The summed E-state index contributed by atoms with van der Waals surface area (Å²) in [5.41, 5.74) is 2.11. The molecule has 0 radical (unpaired) electrons. The smallest absolute Gasteiger partial charge is 0.234 e. The molecule has 0 bridgehead atoms. The van der Waals surface area contributed by atoms with Gasteiger partial charge in [0.15, 0.2) is 0 Å². The summed E-state index contributed by atoms with van der Waals surface area (Å²) in [4.78, 5) is 18.6. The fourth-order valence-electron chi connectivity index (χ4n) is 4.48. The lowest BCUT2D eigenvalue weighted by molar-refractivity contribution is -0.136. The molecule has 2 aromatic rings. The Labute approximate surface area is 179 Å². The van der Waals surface area contributed by atoms with Gasteiger partial charge in [0.2, 0.25) is 5.91 Å². The summed E-state index contributed by atoms with van der Waals surface area (Å²) in [6, 6.07) is 20.6. The molecular formula is C25H32N2O3. The lowest BCUT2D eigenvalue weighted by Gasteiger charge is -2.38. The van der Waals surface area contributed by atoms with Crippen LogP contribution in [0.15, 0.2) is 60.7 Å². The zero-order valence-electron chi connectivity index (χ0n) is 17.6. The van der Waals surface area contributed by atoms with Crippen LogP contribution < -0.4 is 0 Å². The van der Waals surface area contributed by atoms with Crippen LogP contribution in [0.2, 0.25) is 0 Å². The summed E-state index contributed by atoms with van der Waals surface area (Å²) in [5.74, 6) is -0.0764. The number of hydrogen-bond acceptors (Lipinski definition) is 4. The monoisotopic (exact) mass is 408 g/mol. The molecule has 4 rings (SSSR count). The third-order valence-corrected chi connectivity index (χ3v) is 6.19. The Morgan fingerprint density at radius 2 is 1.40 bits per heavy atom. The molecule has 0 aromatic heterocycles. The SMILES string of the molecule is O=C(C(c1ccccc1)c1ccccc1)N(CCN1CCOCC1)C1CCOCC1. The molecule has 30 heavy (non-hydrogen) atoms. The first-order valence-corrected chi connectivity index (χ1v) is 11.1. The second-order valence-electron chi connectivity index (χ2n) is 8.08. The Morgan fingerprint density at radius 1 is 0.867 bits per heavy atom. The zero-order valence-corrected chi connectivity index (χ0v) is 17.6. The van der Waals surface area contributed by atoms with E-state index in [9.17, 15) is 4.79 Å². The van der Waals surface area contributed by atoms with Crippen molar-refractivity contribution in [3.8, 4) is 0 Å². The van der Waals surface area contributed by atoms with Crippen molar-refractivity contribution in [3.63, 3.8) is 0 Å². The highest BCUT2D eigenvalue weighted by atomic mass is 16.5. The van der Waals surface area contributed by atoms with Crippen molar-refractivity contribution < 1.29 is 14.3 Å². The van der Waals surface area contributed by atoms with Crippen molar-refractivity contribution in [3.05, 3.63) is 71.8 Å². The molecule has 0 spiro atoms. The molecule has 5 nitrogen and oxygen atoms in total. The largest absolute Gasteiger partial charge is 0.381 e. The van der Waals surface area contributed by atoms with Crippen molar-refractivity contribution in [2.45, 2.75) is 24.8 Å². The van der Waals surface area contributed by atoms with E-state index >= 15 is 0 Å². The Hall–Kier alpha value is -2.21. The summed E-state index contributed by atoms with van der Waals surface area (Å²) in [5, 5.41) is 0. The minimum absolute atomic E-state index is 0.201. The molecule has 0 unspecified atom stereocenters. The third-order valence-electron chi connectivity index (χ3n) is 6.19. The van der Waals surface area contributed by atoms with Crippen LogP contribution in [0, 0.1) is 0 Å². The van der Waals surface area contributed by atoms with Crippen LogP contribution in [0.1, 0.15) is 29.9 Å². The predicted octanol–water partition coefficient (Wildman–Crippen LogP) is 3.16. The van der Waals surface area contributed by atoms with Crippen LogP contribution in [0.5, 0.6) is 0 Å². The third kappa shape index (κ3) is 5.28. The summed E-state index contributed by atoms with van der Waals surface area (Å²) in [6.07, 6.45) is 1.82. The highest BCUT2D eigenvalue weighted by molar-refractivity contribution is 5.87. The van der Waals surface area contributed by atoms with Crippen LogP contribution in [0.4, 0.5) is 0 Å². The topological polar surface area (TPSA) is 42.0 Å². The first-order chi connectivity index (χ1) is 14.8. The van der Waals surface area contributed by atoms with Gasteiger partial charge in [0, 0.05) is 45.4 Å². The molecule has 2 fully saturated rings. The van der Waals surface area contributed by atoms with Crippen LogP contribution in [0.25, 0.3) is 0 Å². The van der Waals surface area contributed by atoms with Gasteiger partial charge in [-0.2, -0.15) is 0 Å². The molecule has 2 aliphatic rings. The van der Waals surface area contributed by atoms with Gasteiger partial charge in [-0.1, -0.05) is 60.7 Å². The van der Waals surface area contributed by atoms with Gasteiger partial charge in [-0.3, -0.25) is 9.69 Å². The van der Waals surface area contributed by atoms with E-state index in [1.54, 1.807) is 0 Å². The quantitative estimate of drug-likeness (QED) is 0.706. The number of nitrogens with zero attached hydrogens (tertiary/aromatic N) is 2. The number of morpholine rings is 1. The molecule has 2 aliphatic heterocycles. The van der Waals surface area contributed by atoms with E-state index in [4.69, 9.17) is 9.47 Å². The second-order valence-corrected chi connectivity index (χ2v) is 8.08. The maximum absolute atomic E-state index is 14.1. The number of carbonyl (C=O) groups excluding carboxylic acids is 1. The van der Waals surface area contributed by atoms with E-state index in [0.29, 0.717) is 0 Å². The van der Waals surface area contributed by atoms with Gasteiger partial charge in [0.25, 0.3) is 0 Å². The van der Waals surface area contributed by atoms with Gasteiger partial charge in [0.05, 0.1) is 19.1 Å². The van der Waals surface area contributed by atoms with E-state index in [-0.39, 0.29) is 17.9 Å². The van der Waals surface area contributed by atoms with E-state index in [0.717, 1.165) is 76.6 Å². The molecule has 0 aliphatic carbocycles. The van der Waals surface area contributed by atoms with Gasteiger partial charge in [-0.05, 0) is 24.0 Å². The molecular weight excluding hydrogens is 376 g/mol. The summed E-state index contributed by atoms with van der Waals surface area (Å²) < 4.78 is 11.1.